The van der Waals surface area contributed by atoms with Gasteiger partial charge in [0.05, 0.1) is 0 Å². The van der Waals surface area contributed by atoms with Crippen LogP contribution in [0.5, 0.6) is 0 Å². The predicted octanol–water partition coefficient (Wildman–Crippen LogP) is 1.88. The molecule has 0 saturated heterocycles. The monoisotopic (exact) mass is 193 g/mol. The maximum Gasteiger partial charge on any atom is 0.334 e. The van der Waals surface area contributed by atoms with Crippen molar-refractivity contribution in [3.05, 3.63) is 40.8 Å². The van der Waals surface area contributed by atoms with Crippen LogP contribution in [0.4, 0.5) is 0 Å². The molecule has 1 unspecified atom stereocenters. The Balaban J connectivity index is 2.42. The van der Waals surface area contributed by atoms with Crippen molar-refractivity contribution in [1.82, 2.24) is 0 Å². The molecule has 0 fully saturated rings. The summed E-state index contributed by atoms with van der Waals surface area (Å²) in [5.74, 6) is -0.594. The second-order valence-electron chi connectivity index (χ2n) is 2.87. The third kappa shape index (κ3) is 2.97. The molecule has 4 heteroatoms. The van der Waals surface area contributed by atoms with Gasteiger partial charge in [-0.15, -0.1) is 4.91 Å². The fourth-order valence-corrected chi connectivity index (χ4v) is 0.892. The average molecular weight is 193 g/mol. The molecule has 0 radical (unpaired) electrons. The molecule has 1 rings (SSSR count). The lowest BCUT2D eigenvalue weighted by Gasteiger charge is -2.05. The molecule has 1 aromatic rings. The van der Waals surface area contributed by atoms with E-state index in [4.69, 9.17) is 4.74 Å². The van der Waals surface area contributed by atoms with Crippen molar-refractivity contribution in [2.45, 2.75) is 19.6 Å². The SMILES string of the molecule is CC(N=O)C(=O)OCc1ccccc1. The Morgan fingerprint density at radius 3 is 2.64 bits per heavy atom. The molecule has 0 aliphatic rings. The summed E-state index contributed by atoms with van der Waals surface area (Å²) >= 11 is 0. The second kappa shape index (κ2) is 5.11. The van der Waals surface area contributed by atoms with E-state index in [-0.39, 0.29) is 6.61 Å². The van der Waals surface area contributed by atoms with Gasteiger partial charge in [-0.25, -0.2) is 4.79 Å². The molecule has 4 nitrogen and oxygen atoms in total. The van der Waals surface area contributed by atoms with E-state index in [1.54, 1.807) is 0 Å². The van der Waals surface area contributed by atoms with Gasteiger partial charge < -0.3 is 4.74 Å². The molecule has 0 spiro atoms. The minimum absolute atomic E-state index is 0.180. The van der Waals surface area contributed by atoms with Gasteiger partial charge in [-0.3, -0.25) is 0 Å². The smallest absolute Gasteiger partial charge is 0.334 e. The number of hydrogen-bond acceptors (Lipinski definition) is 4. The second-order valence-corrected chi connectivity index (χ2v) is 2.87. The van der Waals surface area contributed by atoms with Crippen molar-refractivity contribution < 1.29 is 9.53 Å². The highest BCUT2D eigenvalue weighted by Gasteiger charge is 2.13. The van der Waals surface area contributed by atoms with E-state index in [1.165, 1.54) is 6.92 Å². The van der Waals surface area contributed by atoms with Gasteiger partial charge in [0.2, 0.25) is 0 Å². The van der Waals surface area contributed by atoms with Crippen LogP contribution >= 0.6 is 0 Å². The number of esters is 1. The number of hydrogen-bond donors (Lipinski definition) is 0. The molecule has 0 saturated carbocycles. The summed E-state index contributed by atoms with van der Waals surface area (Å²) in [5.41, 5.74) is 0.888. The van der Waals surface area contributed by atoms with Gasteiger partial charge in [-0.2, -0.15) is 0 Å². The third-order valence-corrected chi connectivity index (χ3v) is 1.72. The van der Waals surface area contributed by atoms with Crippen LogP contribution in [0, 0.1) is 4.91 Å². The Bertz CT molecular complexity index is 310. The van der Waals surface area contributed by atoms with Crippen LogP contribution in [0.1, 0.15) is 12.5 Å². The van der Waals surface area contributed by atoms with E-state index in [0.29, 0.717) is 0 Å². The van der Waals surface area contributed by atoms with Crippen LogP contribution in [0.15, 0.2) is 35.5 Å². The molecule has 0 aliphatic heterocycles. The molecule has 0 bridgehead atoms. The Morgan fingerprint density at radius 2 is 2.07 bits per heavy atom. The van der Waals surface area contributed by atoms with E-state index < -0.39 is 12.0 Å². The van der Waals surface area contributed by atoms with Gasteiger partial charge in [0.1, 0.15) is 6.61 Å². The van der Waals surface area contributed by atoms with Gasteiger partial charge in [0, 0.05) is 0 Å². The largest absolute Gasteiger partial charge is 0.459 e. The number of carbonyl (C=O) groups excluding carboxylic acids is 1. The molecule has 14 heavy (non-hydrogen) atoms. The highest BCUT2D eigenvalue weighted by atomic mass is 16.5. The zero-order valence-corrected chi connectivity index (χ0v) is 7.84. The molecule has 0 aliphatic carbocycles. The molecular weight excluding hydrogens is 182 g/mol. The highest BCUT2D eigenvalue weighted by molar-refractivity contribution is 5.75. The van der Waals surface area contributed by atoms with Crippen LogP contribution < -0.4 is 0 Å². The molecule has 0 heterocycles. The van der Waals surface area contributed by atoms with Crippen LogP contribution in [0.2, 0.25) is 0 Å². The molecule has 74 valence electrons. The van der Waals surface area contributed by atoms with Gasteiger partial charge in [-0.05, 0) is 12.5 Å². The molecule has 1 atom stereocenters. The average Bonchev–Trinajstić information content (AvgIpc) is 2.26. The van der Waals surface area contributed by atoms with Crippen LogP contribution in [-0.2, 0) is 16.1 Å². The normalized spacial score (nSPS) is 11.8. The summed E-state index contributed by atoms with van der Waals surface area (Å²) in [6.45, 7) is 1.58. The third-order valence-electron chi connectivity index (χ3n) is 1.72. The zero-order valence-electron chi connectivity index (χ0n) is 7.84. The summed E-state index contributed by atoms with van der Waals surface area (Å²) in [4.78, 5) is 21.0. The van der Waals surface area contributed by atoms with Crippen LogP contribution in [0.3, 0.4) is 0 Å². The lowest BCUT2D eigenvalue weighted by molar-refractivity contribution is -0.146. The maximum atomic E-state index is 11.0. The van der Waals surface area contributed by atoms with E-state index in [1.807, 2.05) is 30.3 Å². The van der Waals surface area contributed by atoms with E-state index in [0.717, 1.165) is 5.56 Å². The van der Waals surface area contributed by atoms with Crippen LogP contribution in [0.25, 0.3) is 0 Å². The van der Waals surface area contributed by atoms with Gasteiger partial charge in [0.25, 0.3) is 0 Å². The van der Waals surface area contributed by atoms with E-state index in [9.17, 15) is 9.70 Å². The Morgan fingerprint density at radius 1 is 1.43 bits per heavy atom. The molecule has 0 N–H and O–H groups in total. The molecule has 0 aromatic heterocycles. The topological polar surface area (TPSA) is 55.7 Å². The van der Waals surface area contributed by atoms with Crippen molar-refractivity contribution in [1.29, 1.82) is 0 Å². The van der Waals surface area contributed by atoms with Crippen molar-refractivity contribution >= 4 is 5.97 Å². The Kier molecular flexibility index (Phi) is 3.79. The van der Waals surface area contributed by atoms with Gasteiger partial charge >= 0.3 is 5.97 Å². The Labute approximate surface area is 81.9 Å². The zero-order chi connectivity index (χ0) is 10.4. The molecular formula is C10H11NO3. The van der Waals surface area contributed by atoms with Crippen molar-refractivity contribution in [2.75, 3.05) is 0 Å². The fourth-order valence-electron chi connectivity index (χ4n) is 0.892. The summed E-state index contributed by atoms with van der Waals surface area (Å²) < 4.78 is 4.85. The first-order chi connectivity index (χ1) is 6.74. The van der Waals surface area contributed by atoms with E-state index >= 15 is 0 Å². The van der Waals surface area contributed by atoms with Gasteiger partial charge in [-0.1, -0.05) is 35.5 Å². The highest BCUT2D eigenvalue weighted by Crippen LogP contribution is 2.02. The van der Waals surface area contributed by atoms with Gasteiger partial charge in [0.15, 0.2) is 6.04 Å². The quantitative estimate of drug-likeness (QED) is 0.542. The standard InChI is InChI=1S/C10H11NO3/c1-8(11-13)10(12)14-7-9-5-3-2-4-6-9/h2-6,8H,7H2,1H3. The minimum atomic E-state index is -0.932. The number of ether oxygens (including phenoxy) is 1. The Hall–Kier alpha value is -1.71. The number of rotatable bonds is 4. The molecule has 0 amide bonds. The lowest BCUT2D eigenvalue weighted by Crippen LogP contribution is -2.17. The van der Waals surface area contributed by atoms with Crippen molar-refractivity contribution in [2.24, 2.45) is 5.18 Å². The van der Waals surface area contributed by atoms with Crippen molar-refractivity contribution in [3.8, 4) is 0 Å². The lowest BCUT2D eigenvalue weighted by atomic mass is 10.2. The number of carbonyl (C=O) groups is 1. The number of nitrogens with zero attached hydrogens (tertiary/aromatic N) is 1. The first kappa shape index (κ1) is 10.4. The molecule has 1 aromatic carbocycles. The van der Waals surface area contributed by atoms with Crippen molar-refractivity contribution in [3.63, 3.8) is 0 Å². The van der Waals surface area contributed by atoms with Crippen LogP contribution in [-0.4, -0.2) is 12.0 Å². The predicted molar refractivity (Wildman–Crippen MR) is 51.5 cm³/mol. The first-order valence-electron chi connectivity index (χ1n) is 4.27. The van der Waals surface area contributed by atoms with E-state index in [2.05, 4.69) is 5.18 Å². The maximum absolute atomic E-state index is 11.0. The summed E-state index contributed by atoms with van der Waals surface area (Å²) in [7, 11) is 0. The fraction of sp³-hybridized carbons (Fsp3) is 0.300. The number of nitroso groups, excluding NO2 is 1. The summed E-state index contributed by atoms with van der Waals surface area (Å²) in [6, 6.07) is 8.33. The minimum Gasteiger partial charge on any atom is -0.459 e. The summed E-state index contributed by atoms with van der Waals surface area (Å²) in [5, 5.41) is 2.58. The number of benzene rings is 1. The first-order valence-corrected chi connectivity index (χ1v) is 4.27. The summed E-state index contributed by atoms with van der Waals surface area (Å²) in [6.07, 6.45) is 0.